The minimum absolute atomic E-state index is 0.0195. The van der Waals surface area contributed by atoms with Crippen molar-refractivity contribution < 1.29 is 19.1 Å². The predicted molar refractivity (Wildman–Crippen MR) is 144 cm³/mol. The largest absolute Gasteiger partial charge is 0.477 e. The number of pyridine rings is 1. The van der Waals surface area contributed by atoms with Crippen LogP contribution in [-0.2, 0) is 4.79 Å². The number of aromatic carboxylic acids is 1. The van der Waals surface area contributed by atoms with E-state index in [4.69, 9.17) is 23.1 Å². The van der Waals surface area contributed by atoms with E-state index in [2.05, 4.69) is 5.32 Å². The molecule has 0 bridgehead atoms. The minimum Gasteiger partial charge on any atom is -0.477 e. The first-order valence-electron chi connectivity index (χ1n) is 13.2. The van der Waals surface area contributed by atoms with Gasteiger partial charge in [0.25, 0.3) is 0 Å². The summed E-state index contributed by atoms with van der Waals surface area (Å²) in [5.41, 5.74) is 11.0. The number of allylic oxidation sites excluding steroid dienone is 1. The number of amides is 1. The smallest absolute Gasteiger partial charge is 0.341 e. The molecule has 5 rings (SSSR count). The van der Waals surface area contributed by atoms with Crippen molar-refractivity contribution in [1.82, 2.24) is 9.88 Å². The van der Waals surface area contributed by atoms with Gasteiger partial charge in [0.1, 0.15) is 11.4 Å². The molecule has 1 aromatic heterocycles. The monoisotopic (exact) mass is 545 g/mol. The van der Waals surface area contributed by atoms with Gasteiger partial charge in [0, 0.05) is 31.2 Å². The summed E-state index contributed by atoms with van der Waals surface area (Å²) in [6.45, 7) is 1.56. The minimum atomic E-state index is -1.35. The lowest BCUT2D eigenvalue weighted by Gasteiger charge is -2.30. The molecule has 2 aliphatic carbocycles. The highest BCUT2D eigenvalue weighted by Gasteiger charge is 2.41. The lowest BCUT2D eigenvalue weighted by atomic mass is 9.82. The molecule has 6 N–H and O–H groups in total. The number of carbonyl (C=O) groups is 2. The molecule has 9 nitrogen and oxygen atoms in total. The molecule has 1 saturated carbocycles. The number of nitrogens with one attached hydrogen (secondary N) is 1. The van der Waals surface area contributed by atoms with E-state index in [1.165, 1.54) is 6.20 Å². The van der Waals surface area contributed by atoms with Crippen LogP contribution in [0.3, 0.4) is 0 Å². The Morgan fingerprint density at radius 2 is 2.03 bits per heavy atom. The first-order chi connectivity index (χ1) is 18.2. The lowest BCUT2D eigenvalue weighted by Crippen LogP contribution is -2.49. The van der Waals surface area contributed by atoms with Gasteiger partial charge in [-0.1, -0.05) is 30.2 Å². The number of carboxylic acid groups (broad SMARTS) is 1. The number of benzene rings is 1. The third-order valence-electron chi connectivity index (χ3n) is 8.02. The van der Waals surface area contributed by atoms with Crippen molar-refractivity contribution in [2.45, 2.75) is 56.7 Å². The van der Waals surface area contributed by atoms with Crippen LogP contribution >= 0.6 is 11.6 Å². The van der Waals surface area contributed by atoms with Gasteiger partial charge in [0.2, 0.25) is 11.3 Å². The molecule has 4 atom stereocenters. The summed E-state index contributed by atoms with van der Waals surface area (Å²) in [6, 6.07) is 0.280. The summed E-state index contributed by atoms with van der Waals surface area (Å²) in [5.74, 6) is -2.03. The zero-order valence-corrected chi connectivity index (χ0v) is 21.8. The Bertz CT molecular complexity index is 1360. The van der Waals surface area contributed by atoms with Crippen molar-refractivity contribution in [3.63, 3.8) is 0 Å². The SMILES string of the molecule is NCCCC[C@H](N)C(=O)NC1C=CCC2CN(c3c(F)cc4c(=O)c(C(=O)O)cn(C5CC5)c4c3Cl)CC21. The van der Waals surface area contributed by atoms with Crippen LogP contribution in [0.2, 0.25) is 5.02 Å². The molecule has 1 amide bonds. The van der Waals surface area contributed by atoms with Gasteiger partial charge in [-0.2, -0.15) is 0 Å². The van der Waals surface area contributed by atoms with Crippen LogP contribution in [0.4, 0.5) is 10.1 Å². The van der Waals surface area contributed by atoms with Crippen molar-refractivity contribution in [1.29, 1.82) is 0 Å². The third kappa shape index (κ3) is 4.92. The van der Waals surface area contributed by atoms with Crippen LogP contribution in [0, 0.1) is 17.7 Å². The second-order valence-electron chi connectivity index (χ2n) is 10.7. The molecule has 2 fully saturated rings. The van der Waals surface area contributed by atoms with Gasteiger partial charge < -0.3 is 31.4 Å². The molecular weight excluding hydrogens is 513 g/mol. The first-order valence-corrected chi connectivity index (χ1v) is 13.6. The molecule has 1 aromatic carbocycles. The standard InChI is InChI=1S/C27H33ClFN5O4/c28-22-23-16(25(35)18(27(37)38)13-34(23)15-7-8-15)10-19(29)24(22)33-11-14-4-3-6-21(17(14)12-33)32-26(36)20(31)5-1-2-9-30/h3,6,10,13-15,17,20-21H,1-2,4-5,7-9,11-12,30-31H2,(H,32,36)(H,37,38)/t14?,17?,20-,21?/m0/s1. The van der Waals surface area contributed by atoms with Gasteiger partial charge in [-0.05, 0) is 50.6 Å². The van der Waals surface area contributed by atoms with Crippen LogP contribution in [0.5, 0.6) is 0 Å². The van der Waals surface area contributed by atoms with Gasteiger partial charge in [-0.3, -0.25) is 9.59 Å². The van der Waals surface area contributed by atoms with Crippen molar-refractivity contribution in [2.75, 3.05) is 24.5 Å². The van der Waals surface area contributed by atoms with E-state index >= 15 is 4.39 Å². The van der Waals surface area contributed by atoms with Gasteiger partial charge in [-0.25, -0.2) is 9.18 Å². The number of unbranched alkanes of at least 4 members (excludes halogenated alkanes) is 1. The zero-order valence-electron chi connectivity index (χ0n) is 21.0. The lowest BCUT2D eigenvalue weighted by molar-refractivity contribution is -0.123. The number of aromatic nitrogens is 1. The molecule has 38 heavy (non-hydrogen) atoms. The summed E-state index contributed by atoms with van der Waals surface area (Å²) in [5, 5.41) is 12.7. The van der Waals surface area contributed by atoms with E-state index in [9.17, 15) is 19.5 Å². The fourth-order valence-electron chi connectivity index (χ4n) is 5.86. The van der Waals surface area contributed by atoms with E-state index in [1.807, 2.05) is 17.1 Å². The van der Waals surface area contributed by atoms with Crippen molar-refractivity contribution in [2.24, 2.45) is 23.3 Å². The van der Waals surface area contributed by atoms with Crippen molar-refractivity contribution in [3.8, 4) is 0 Å². The van der Waals surface area contributed by atoms with Crippen LogP contribution in [0.15, 0.2) is 29.2 Å². The second kappa shape index (κ2) is 10.7. The summed E-state index contributed by atoms with van der Waals surface area (Å²) < 4.78 is 17.3. The normalized spacial score (nSPS) is 23.5. The Balaban J connectivity index is 1.43. The Morgan fingerprint density at radius 1 is 1.26 bits per heavy atom. The van der Waals surface area contributed by atoms with Gasteiger partial charge >= 0.3 is 5.97 Å². The number of rotatable bonds is 9. The van der Waals surface area contributed by atoms with Crippen LogP contribution in [-0.4, -0.2) is 53.3 Å². The highest BCUT2D eigenvalue weighted by atomic mass is 35.5. The Hall–Kier alpha value is -2.95. The van der Waals surface area contributed by atoms with Crippen LogP contribution < -0.4 is 27.1 Å². The number of anilines is 1. The number of hydrogen-bond acceptors (Lipinski definition) is 6. The number of carboxylic acids is 1. The molecule has 1 aliphatic heterocycles. The molecule has 0 spiro atoms. The van der Waals surface area contributed by atoms with Crippen LogP contribution in [0.1, 0.15) is 54.9 Å². The summed E-state index contributed by atoms with van der Waals surface area (Å²) >= 11 is 6.83. The Morgan fingerprint density at radius 3 is 2.71 bits per heavy atom. The molecule has 3 unspecified atom stereocenters. The highest BCUT2D eigenvalue weighted by Crippen LogP contribution is 2.44. The fourth-order valence-corrected chi connectivity index (χ4v) is 6.27. The number of nitrogens with zero attached hydrogens (tertiary/aromatic N) is 2. The molecule has 204 valence electrons. The van der Waals surface area contributed by atoms with E-state index in [-0.39, 0.29) is 45.9 Å². The predicted octanol–water partition coefficient (Wildman–Crippen LogP) is 2.78. The number of hydrogen-bond donors (Lipinski definition) is 4. The van der Waals surface area contributed by atoms with E-state index in [1.54, 1.807) is 4.57 Å². The molecule has 2 heterocycles. The number of carbonyl (C=O) groups excluding carboxylic acids is 1. The van der Waals surface area contributed by atoms with Gasteiger partial charge in [0.15, 0.2) is 0 Å². The number of halogens is 2. The third-order valence-corrected chi connectivity index (χ3v) is 8.38. The van der Waals surface area contributed by atoms with E-state index in [0.29, 0.717) is 31.6 Å². The molecule has 11 heteroatoms. The topological polar surface area (TPSA) is 144 Å². The second-order valence-corrected chi connectivity index (χ2v) is 11.0. The van der Waals surface area contributed by atoms with Gasteiger partial charge in [0.05, 0.1) is 33.7 Å². The van der Waals surface area contributed by atoms with Crippen molar-refractivity contribution >= 4 is 40.1 Å². The molecule has 3 aliphatic rings. The summed E-state index contributed by atoms with van der Waals surface area (Å²) in [6.07, 6.45) is 9.94. The first kappa shape index (κ1) is 26.6. The van der Waals surface area contributed by atoms with Crippen molar-refractivity contribution in [3.05, 3.63) is 51.0 Å². The Kier molecular flexibility index (Phi) is 7.48. The maximum Gasteiger partial charge on any atom is 0.341 e. The highest BCUT2D eigenvalue weighted by molar-refractivity contribution is 6.38. The Labute approximate surface area is 224 Å². The maximum absolute atomic E-state index is 15.6. The fraction of sp³-hybridized carbons (Fsp3) is 0.519. The van der Waals surface area contributed by atoms with Gasteiger partial charge in [-0.15, -0.1) is 0 Å². The molecule has 2 aromatic rings. The molecular formula is C27H33ClFN5O4. The maximum atomic E-state index is 15.6. The van der Waals surface area contributed by atoms with E-state index < -0.39 is 28.8 Å². The zero-order chi connectivity index (χ0) is 27.1. The number of fused-ring (bicyclic) bond motifs is 2. The summed E-state index contributed by atoms with van der Waals surface area (Å²) in [4.78, 5) is 39.2. The summed E-state index contributed by atoms with van der Waals surface area (Å²) in [7, 11) is 0. The molecule has 0 radical (unpaired) electrons. The molecule has 1 saturated heterocycles. The average Bonchev–Trinajstić information content (AvgIpc) is 3.63. The quantitative estimate of drug-likeness (QED) is 0.280. The van der Waals surface area contributed by atoms with E-state index in [0.717, 1.165) is 38.2 Å². The number of nitrogens with two attached hydrogens (primary N) is 2. The average molecular weight is 546 g/mol. The van der Waals surface area contributed by atoms with Crippen LogP contribution in [0.25, 0.3) is 10.9 Å².